The number of ketones is 1. The molecule has 29 heavy (non-hydrogen) atoms. The summed E-state index contributed by atoms with van der Waals surface area (Å²) in [5, 5.41) is 2.77. The Morgan fingerprint density at radius 3 is 2.17 bits per heavy atom. The Kier molecular flexibility index (Phi) is 6.65. The molecule has 6 nitrogen and oxygen atoms in total. The van der Waals surface area contributed by atoms with E-state index in [1.807, 2.05) is 52.0 Å². The van der Waals surface area contributed by atoms with Crippen molar-refractivity contribution in [1.82, 2.24) is 5.32 Å². The van der Waals surface area contributed by atoms with Gasteiger partial charge in [0.05, 0.1) is 11.2 Å². The third-order valence-corrected chi connectivity index (χ3v) is 5.07. The Morgan fingerprint density at radius 2 is 1.66 bits per heavy atom. The molecule has 2 rings (SSSR count). The van der Waals surface area contributed by atoms with Gasteiger partial charge in [-0.25, -0.2) is 4.79 Å². The topological polar surface area (TPSA) is 73.9 Å². The first-order valence-electron chi connectivity index (χ1n) is 9.85. The van der Waals surface area contributed by atoms with Crippen molar-refractivity contribution >= 4 is 25.1 Å². The monoisotopic (exact) mass is 401 g/mol. The Balaban J connectivity index is 2.34. The maximum atomic E-state index is 12.2. The van der Waals surface area contributed by atoms with Gasteiger partial charge in [0.15, 0.2) is 5.78 Å². The largest absolute Gasteiger partial charge is 0.492 e. The van der Waals surface area contributed by atoms with Gasteiger partial charge in [0.2, 0.25) is 0 Å². The first kappa shape index (κ1) is 23.2. The van der Waals surface area contributed by atoms with E-state index in [0.717, 1.165) is 5.56 Å². The van der Waals surface area contributed by atoms with E-state index in [9.17, 15) is 9.59 Å². The van der Waals surface area contributed by atoms with Gasteiger partial charge in [0.25, 0.3) is 0 Å². The van der Waals surface area contributed by atoms with Gasteiger partial charge in [-0.05, 0) is 66.4 Å². The minimum atomic E-state index is -0.657. The van der Waals surface area contributed by atoms with Crippen molar-refractivity contribution in [3.05, 3.63) is 40.9 Å². The summed E-state index contributed by atoms with van der Waals surface area (Å²) < 4.78 is 17.7. The summed E-state index contributed by atoms with van der Waals surface area (Å²) in [5.41, 5.74) is 0.392. The van der Waals surface area contributed by atoms with Crippen LogP contribution in [-0.2, 0) is 14.0 Å². The average Bonchev–Trinajstić information content (AvgIpc) is 2.77. The molecule has 1 aromatic carbocycles. The number of amides is 1. The van der Waals surface area contributed by atoms with E-state index < -0.39 is 30.0 Å². The van der Waals surface area contributed by atoms with Gasteiger partial charge in [-0.2, -0.15) is 0 Å². The van der Waals surface area contributed by atoms with E-state index in [1.54, 1.807) is 26.8 Å². The summed E-state index contributed by atoms with van der Waals surface area (Å²) in [7, 11) is -0.657. The Morgan fingerprint density at radius 1 is 1.10 bits per heavy atom. The van der Waals surface area contributed by atoms with Gasteiger partial charge in [-0.1, -0.05) is 30.3 Å². The first-order chi connectivity index (χ1) is 13.2. The number of carbonyl (C=O) groups excluding carboxylic acids is 2. The van der Waals surface area contributed by atoms with Gasteiger partial charge in [-0.15, -0.1) is 0 Å². The lowest BCUT2D eigenvalue weighted by Gasteiger charge is -2.32. The van der Waals surface area contributed by atoms with E-state index >= 15 is 0 Å². The van der Waals surface area contributed by atoms with Crippen LogP contribution in [-0.4, -0.2) is 42.3 Å². The molecule has 7 heteroatoms. The summed E-state index contributed by atoms with van der Waals surface area (Å²) in [6.45, 7) is 15.0. The Bertz CT molecular complexity index is 792. The van der Waals surface area contributed by atoms with Crippen LogP contribution in [0.3, 0.4) is 0 Å². The van der Waals surface area contributed by atoms with Gasteiger partial charge in [0, 0.05) is 12.1 Å². The average molecular weight is 401 g/mol. The molecule has 0 unspecified atom stereocenters. The molecule has 0 atom stereocenters. The highest BCUT2D eigenvalue weighted by atomic mass is 16.7. The van der Waals surface area contributed by atoms with Crippen molar-refractivity contribution in [2.24, 2.45) is 0 Å². The normalized spacial score (nSPS) is 18.5. The standard InChI is InChI=1S/C22H32BNO5/c1-15(25)18-12-10-9-11-16(18)13-17(14-24-19(26)27-20(2,3)4)23-28-21(5,6)22(7,8)29-23/h9-13H,14H2,1-8H3,(H,24,26). The SMILES string of the molecule is CC(=O)c1ccccc1C=C(CNC(=O)OC(C)(C)C)B1OC(C)(C)C(C)(C)O1. The van der Waals surface area contributed by atoms with Crippen LogP contribution >= 0.6 is 0 Å². The second kappa shape index (κ2) is 8.32. The van der Waals surface area contributed by atoms with Gasteiger partial charge in [0.1, 0.15) is 5.60 Å². The zero-order chi connectivity index (χ0) is 22.0. The molecular formula is C22H32BNO5. The fourth-order valence-electron chi connectivity index (χ4n) is 2.83. The molecule has 0 aromatic heterocycles. The van der Waals surface area contributed by atoms with Crippen molar-refractivity contribution < 1.29 is 23.6 Å². The molecule has 0 bridgehead atoms. The van der Waals surface area contributed by atoms with Crippen LogP contribution in [0, 0.1) is 0 Å². The van der Waals surface area contributed by atoms with Crippen LogP contribution in [0.25, 0.3) is 6.08 Å². The number of benzene rings is 1. The van der Waals surface area contributed by atoms with E-state index in [4.69, 9.17) is 14.0 Å². The van der Waals surface area contributed by atoms with Crippen LogP contribution in [0.15, 0.2) is 29.7 Å². The van der Waals surface area contributed by atoms with Gasteiger partial charge >= 0.3 is 13.2 Å². The van der Waals surface area contributed by atoms with Crippen LogP contribution in [0.4, 0.5) is 4.79 Å². The fourth-order valence-corrected chi connectivity index (χ4v) is 2.83. The van der Waals surface area contributed by atoms with Crippen molar-refractivity contribution in [2.45, 2.75) is 72.2 Å². The lowest BCUT2D eigenvalue weighted by Crippen LogP contribution is -2.41. The molecule has 1 amide bonds. The Hall–Kier alpha value is -2.12. The molecule has 158 valence electrons. The number of rotatable bonds is 5. The van der Waals surface area contributed by atoms with Gasteiger partial charge < -0.3 is 19.4 Å². The van der Waals surface area contributed by atoms with Crippen molar-refractivity contribution in [1.29, 1.82) is 0 Å². The number of carbonyl (C=O) groups is 2. The molecule has 0 spiro atoms. The number of nitrogens with one attached hydrogen (secondary N) is 1. The van der Waals surface area contributed by atoms with E-state index in [0.29, 0.717) is 11.0 Å². The highest BCUT2D eigenvalue weighted by molar-refractivity contribution is 6.56. The molecular weight excluding hydrogens is 369 g/mol. The van der Waals surface area contributed by atoms with Crippen LogP contribution in [0.5, 0.6) is 0 Å². The lowest BCUT2D eigenvalue weighted by atomic mass is 9.76. The number of hydrogen-bond acceptors (Lipinski definition) is 5. The summed E-state index contributed by atoms with van der Waals surface area (Å²) in [6.07, 6.45) is 1.32. The maximum absolute atomic E-state index is 12.2. The fraction of sp³-hybridized carbons (Fsp3) is 0.545. The molecule has 1 saturated heterocycles. The second-order valence-corrected chi connectivity index (χ2v) is 9.31. The molecule has 0 aliphatic carbocycles. The highest BCUT2D eigenvalue weighted by Crippen LogP contribution is 2.38. The van der Waals surface area contributed by atoms with Crippen LogP contribution in [0.2, 0.25) is 0 Å². The molecule has 1 aliphatic rings. The number of ether oxygens (including phenoxy) is 1. The predicted octanol–water partition coefficient (Wildman–Crippen LogP) is 4.43. The van der Waals surface area contributed by atoms with E-state index in [2.05, 4.69) is 5.32 Å². The van der Waals surface area contributed by atoms with E-state index in [1.165, 1.54) is 6.92 Å². The van der Waals surface area contributed by atoms with Crippen molar-refractivity contribution in [3.8, 4) is 0 Å². The summed E-state index contributed by atoms with van der Waals surface area (Å²) in [5.74, 6) is -0.0368. The molecule has 1 heterocycles. The van der Waals surface area contributed by atoms with Crippen molar-refractivity contribution in [2.75, 3.05) is 6.54 Å². The zero-order valence-electron chi connectivity index (χ0n) is 18.7. The quantitative estimate of drug-likeness (QED) is 0.584. The molecule has 1 aliphatic heterocycles. The van der Waals surface area contributed by atoms with Gasteiger partial charge in [-0.3, -0.25) is 4.79 Å². The summed E-state index contributed by atoms with van der Waals surface area (Å²) >= 11 is 0. The number of hydrogen-bond donors (Lipinski definition) is 1. The predicted molar refractivity (Wildman–Crippen MR) is 115 cm³/mol. The summed E-state index contributed by atoms with van der Waals surface area (Å²) in [6, 6.07) is 7.32. The van der Waals surface area contributed by atoms with Crippen molar-refractivity contribution in [3.63, 3.8) is 0 Å². The lowest BCUT2D eigenvalue weighted by molar-refractivity contribution is 0.00578. The minimum Gasteiger partial charge on any atom is -0.444 e. The molecule has 0 radical (unpaired) electrons. The second-order valence-electron chi connectivity index (χ2n) is 9.31. The molecule has 1 aromatic rings. The number of alkyl carbamates (subject to hydrolysis) is 1. The third kappa shape index (κ3) is 5.93. The smallest absolute Gasteiger partial charge is 0.444 e. The minimum absolute atomic E-state index is 0.0368. The zero-order valence-corrected chi connectivity index (χ0v) is 18.7. The highest BCUT2D eigenvalue weighted by Gasteiger charge is 2.52. The first-order valence-corrected chi connectivity index (χ1v) is 9.85. The van der Waals surface area contributed by atoms with Crippen LogP contribution in [0.1, 0.15) is 71.3 Å². The number of Topliss-reactive ketones (excluding diaryl/α,β-unsaturated/α-hetero) is 1. The van der Waals surface area contributed by atoms with Crippen LogP contribution < -0.4 is 5.32 Å². The Labute approximate surface area is 174 Å². The summed E-state index contributed by atoms with van der Waals surface area (Å²) in [4.78, 5) is 24.2. The molecule has 0 saturated carbocycles. The maximum Gasteiger partial charge on any atom is 0.492 e. The molecule has 1 N–H and O–H groups in total. The van der Waals surface area contributed by atoms with E-state index in [-0.39, 0.29) is 12.3 Å². The molecule has 1 fully saturated rings. The third-order valence-electron chi connectivity index (χ3n) is 5.07.